The maximum Gasteiger partial charge on any atom is 0.414 e. The van der Waals surface area contributed by atoms with Gasteiger partial charge in [0.25, 0.3) is 0 Å². The molecule has 4 aromatic rings. The Morgan fingerprint density at radius 1 is 1.06 bits per heavy atom. The zero-order chi connectivity index (χ0) is 38.0. The molecule has 1 aliphatic rings. The Labute approximate surface area is 304 Å². The van der Waals surface area contributed by atoms with Crippen LogP contribution in [0.1, 0.15) is 55.5 Å². The molecule has 0 saturated heterocycles. The van der Waals surface area contributed by atoms with Crippen molar-refractivity contribution in [3.63, 3.8) is 0 Å². The molecule has 3 aromatic carbocycles. The van der Waals surface area contributed by atoms with Gasteiger partial charge in [-0.25, -0.2) is 23.2 Å². The van der Waals surface area contributed by atoms with Gasteiger partial charge >= 0.3 is 6.09 Å². The summed E-state index contributed by atoms with van der Waals surface area (Å²) in [7, 11) is -0.791. The second kappa shape index (κ2) is 14.5. The van der Waals surface area contributed by atoms with Gasteiger partial charge in [0.05, 0.1) is 49.1 Å². The van der Waals surface area contributed by atoms with Crippen molar-refractivity contribution in [3.8, 4) is 34.9 Å². The molecule has 270 valence electrons. The number of nitriles is 2. The predicted molar refractivity (Wildman–Crippen MR) is 197 cm³/mol. The Hall–Kier alpha value is -5.70. The Balaban J connectivity index is 1.62. The fourth-order valence-corrected chi connectivity index (χ4v) is 7.01. The number of benzene rings is 3. The number of nitrogens with one attached hydrogen (secondary N) is 1. The summed E-state index contributed by atoms with van der Waals surface area (Å²) in [6, 6.07) is 20.0. The zero-order valence-electron chi connectivity index (χ0n) is 30.4. The molecule has 1 atom stereocenters. The average Bonchev–Trinajstić information content (AvgIpc) is 3.39. The van der Waals surface area contributed by atoms with Crippen molar-refractivity contribution in [3.05, 3.63) is 88.6 Å². The quantitative estimate of drug-likeness (QED) is 0.191. The highest BCUT2D eigenvalue weighted by atomic mass is 32.2. The molecule has 0 spiro atoms. The largest absolute Gasteiger partial charge is 0.497 e. The molecule has 13 nitrogen and oxygen atoms in total. The molecule has 0 saturated carbocycles. The number of aromatic nitrogens is 2. The number of hydrogen-bond donors (Lipinski definition) is 1. The van der Waals surface area contributed by atoms with Gasteiger partial charge in [-0.2, -0.15) is 14.8 Å². The number of carbonyl (C=O) groups excluding carboxylic acids is 1. The van der Waals surface area contributed by atoms with E-state index in [0.29, 0.717) is 50.8 Å². The molecule has 1 aliphatic heterocycles. The van der Waals surface area contributed by atoms with E-state index in [4.69, 9.17) is 19.2 Å². The van der Waals surface area contributed by atoms with E-state index in [-0.39, 0.29) is 31.1 Å². The van der Waals surface area contributed by atoms with Gasteiger partial charge in [-0.1, -0.05) is 19.1 Å². The van der Waals surface area contributed by atoms with E-state index in [2.05, 4.69) is 22.4 Å². The van der Waals surface area contributed by atoms with Crippen molar-refractivity contribution >= 4 is 33.4 Å². The third kappa shape index (κ3) is 8.09. The smallest absolute Gasteiger partial charge is 0.414 e. The number of anilines is 3. The Morgan fingerprint density at radius 2 is 1.81 bits per heavy atom. The number of aryl methyl sites for hydroxylation is 1. The van der Waals surface area contributed by atoms with Crippen molar-refractivity contribution in [2.75, 3.05) is 43.8 Å². The Bertz CT molecular complexity index is 2220. The molecule has 52 heavy (non-hydrogen) atoms. The standard InChI is InChI=1S/C38H41N7O6S/c1-24-9-10-25(19-39)15-32(24)43-35-41-14-13-31(42-35)27-16-28(20-40)34-30(17-27)38(5,23-45(34)36(46)51-37(2,3)4)22-44(52(8,47)48)21-26-11-12-29(49-6)18-33(26)50-7/h9-18H,21-23H2,1-8H3,(H,41,42,43)/t38-/m0/s1. The van der Waals surface area contributed by atoms with Gasteiger partial charge in [0, 0.05) is 54.1 Å². The minimum atomic E-state index is -3.82. The summed E-state index contributed by atoms with van der Waals surface area (Å²) in [5.74, 6) is 1.28. The first kappa shape index (κ1) is 37.6. The minimum Gasteiger partial charge on any atom is -0.497 e. The molecule has 2 heterocycles. The maximum absolute atomic E-state index is 13.7. The Morgan fingerprint density at radius 3 is 2.44 bits per heavy atom. The van der Waals surface area contributed by atoms with Crippen molar-refractivity contribution in [1.82, 2.24) is 14.3 Å². The third-order valence-corrected chi connectivity index (χ3v) is 9.87. The fourth-order valence-electron chi connectivity index (χ4n) is 6.12. The molecule has 1 N–H and O–H groups in total. The summed E-state index contributed by atoms with van der Waals surface area (Å²) in [5, 5.41) is 23.1. The van der Waals surface area contributed by atoms with E-state index >= 15 is 0 Å². The van der Waals surface area contributed by atoms with Crippen LogP contribution in [-0.2, 0) is 26.7 Å². The zero-order valence-corrected chi connectivity index (χ0v) is 31.3. The topological polar surface area (TPSA) is 171 Å². The number of fused-ring (bicyclic) bond motifs is 1. The van der Waals surface area contributed by atoms with Crippen molar-refractivity contribution in [2.45, 2.75) is 52.2 Å². The molecular formula is C38H41N7O6S. The second-order valence-electron chi connectivity index (χ2n) is 13.9. The van der Waals surface area contributed by atoms with E-state index in [1.54, 1.807) is 69.4 Å². The van der Waals surface area contributed by atoms with Crippen LogP contribution in [-0.4, -0.2) is 68.0 Å². The average molecular weight is 724 g/mol. The molecule has 0 unspecified atom stereocenters. The van der Waals surface area contributed by atoms with Gasteiger partial charge in [-0.15, -0.1) is 0 Å². The third-order valence-electron chi connectivity index (χ3n) is 8.67. The van der Waals surface area contributed by atoms with Gasteiger partial charge in [0.15, 0.2) is 0 Å². The lowest BCUT2D eigenvalue weighted by Crippen LogP contribution is -2.46. The molecule has 1 amide bonds. The number of rotatable bonds is 10. The summed E-state index contributed by atoms with van der Waals surface area (Å²) >= 11 is 0. The minimum absolute atomic E-state index is 0.0263. The highest BCUT2D eigenvalue weighted by Crippen LogP contribution is 2.46. The number of nitrogens with zero attached hydrogens (tertiary/aromatic N) is 6. The maximum atomic E-state index is 13.7. The van der Waals surface area contributed by atoms with Gasteiger partial charge in [-0.3, -0.25) is 4.90 Å². The number of amides is 1. The van der Waals surface area contributed by atoms with Crippen LogP contribution < -0.4 is 19.7 Å². The number of ether oxygens (including phenoxy) is 3. The monoisotopic (exact) mass is 723 g/mol. The lowest BCUT2D eigenvalue weighted by atomic mass is 9.82. The van der Waals surface area contributed by atoms with Crippen LogP contribution in [0.3, 0.4) is 0 Å². The van der Waals surface area contributed by atoms with Crippen molar-refractivity contribution in [2.24, 2.45) is 0 Å². The van der Waals surface area contributed by atoms with Crippen LogP contribution in [0.5, 0.6) is 11.5 Å². The van der Waals surface area contributed by atoms with Crippen LogP contribution in [0.4, 0.5) is 22.1 Å². The summed E-state index contributed by atoms with van der Waals surface area (Å²) in [4.78, 5) is 24.2. The molecule has 1 aromatic heterocycles. The summed E-state index contributed by atoms with van der Waals surface area (Å²) < 4.78 is 44.9. The normalized spacial score (nSPS) is 15.4. The number of hydrogen-bond acceptors (Lipinski definition) is 11. The van der Waals surface area contributed by atoms with Gasteiger partial charge in [-0.05, 0) is 75.2 Å². The van der Waals surface area contributed by atoms with Gasteiger partial charge in [0.2, 0.25) is 16.0 Å². The van der Waals surface area contributed by atoms with E-state index < -0.39 is 27.1 Å². The summed E-state index contributed by atoms with van der Waals surface area (Å²) in [5.41, 5.74) is 2.94. The van der Waals surface area contributed by atoms with E-state index in [1.807, 2.05) is 26.0 Å². The molecule has 0 bridgehead atoms. The highest BCUT2D eigenvalue weighted by molar-refractivity contribution is 7.88. The summed E-state index contributed by atoms with van der Waals surface area (Å²) in [6.45, 7) is 8.98. The molecular weight excluding hydrogens is 683 g/mol. The van der Waals surface area contributed by atoms with Crippen LogP contribution in [0.15, 0.2) is 60.8 Å². The molecule has 5 rings (SSSR count). The van der Waals surface area contributed by atoms with E-state index in [9.17, 15) is 23.7 Å². The molecule has 14 heteroatoms. The van der Waals surface area contributed by atoms with Crippen molar-refractivity contribution < 1.29 is 27.4 Å². The lowest BCUT2D eigenvalue weighted by molar-refractivity contribution is 0.0577. The van der Waals surface area contributed by atoms with E-state index in [0.717, 1.165) is 11.8 Å². The molecule has 0 aliphatic carbocycles. The van der Waals surface area contributed by atoms with Crippen LogP contribution >= 0.6 is 0 Å². The fraction of sp³-hybridized carbons (Fsp3) is 0.342. The van der Waals surface area contributed by atoms with Gasteiger partial charge < -0.3 is 19.5 Å². The highest BCUT2D eigenvalue weighted by Gasteiger charge is 2.46. The van der Waals surface area contributed by atoms with Gasteiger partial charge in [0.1, 0.15) is 23.2 Å². The number of carbonyl (C=O) groups is 1. The molecule has 0 fully saturated rings. The predicted octanol–water partition coefficient (Wildman–Crippen LogP) is 6.43. The van der Waals surface area contributed by atoms with E-state index in [1.165, 1.54) is 23.4 Å². The SMILES string of the molecule is COc1ccc(CN(C[C@@]2(C)CN(C(=O)OC(C)(C)C)c3c(C#N)cc(-c4ccnc(Nc5cc(C#N)ccc5C)n4)cc32)S(C)(=O)=O)c(OC)c1. The number of methoxy groups -OCH3 is 2. The summed E-state index contributed by atoms with van der Waals surface area (Å²) in [6.07, 6.45) is 2.05. The molecule has 0 radical (unpaired) electrons. The second-order valence-corrected chi connectivity index (χ2v) is 15.9. The van der Waals surface area contributed by atoms with Crippen LogP contribution in [0.25, 0.3) is 11.3 Å². The first-order valence-electron chi connectivity index (χ1n) is 16.3. The van der Waals surface area contributed by atoms with Crippen LogP contribution in [0, 0.1) is 29.6 Å². The first-order valence-corrected chi connectivity index (χ1v) is 18.2. The first-order chi connectivity index (χ1) is 24.5. The van der Waals surface area contributed by atoms with Crippen molar-refractivity contribution in [1.29, 1.82) is 10.5 Å². The van der Waals surface area contributed by atoms with Crippen LogP contribution in [0.2, 0.25) is 0 Å². The lowest BCUT2D eigenvalue weighted by Gasteiger charge is -2.32. The Kier molecular flexibility index (Phi) is 10.5. The number of sulfonamides is 1.